The summed E-state index contributed by atoms with van der Waals surface area (Å²) < 4.78 is 38.7. The topological polar surface area (TPSA) is 49.4 Å². The van der Waals surface area contributed by atoms with Gasteiger partial charge in [0.05, 0.1) is 17.1 Å². The quantitative estimate of drug-likeness (QED) is 0.729. The molecule has 2 rings (SSSR count). The van der Waals surface area contributed by atoms with Crippen LogP contribution in [0.15, 0.2) is 48.5 Å². The Labute approximate surface area is 166 Å². The molecule has 2 aromatic rings. The lowest BCUT2D eigenvalue weighted by Gasteiger charge is -2.20. The first kappa shape index (κ1) is 21.8. The number of hydrogen-bond acceptors (Lipinski definition) is 2. The van der Waals surface area contributed by atoms with Crippen LogP contribution >= 0.6 is 11.6 Å². The molecule has 0 aromatic heterocycles. The number of carbonyl (C=O) groups is 2. The maximum Gasteiger partial charge on any atom is 0.417 e. The van der Waals surface area contributed by atoms with Crippen molar-refractivity contribution in [3.63, 3.8) is 0 Å². The number of anilines is 1. The number of hydrogen-bond donors (Lipinski definition) is 1. The third kappa shape index (κ3) is 5.99. The van der Waals surface area contributed by atoms with Crippen LogP contribution in [0.4, 0.5) is 18.9 Å². The first-order valence-corrected chi connectivity index (χ1v) is 8.91. The highest BCUT2D eigenvalue weighted by Crippen LogP contribution is 2.36. The van der Waals surface area contributed by atoms with Crippen molar-refractivity contribution < 1.29 is 22.8 Å². The van der Waals surface area contributed by atoms with Crippen molar-refractivity contribution in [2.45, 2.75) is 25.4 Å². The van der Waals surface area contributed by atoms with Gasteiger partial charge in [0.1, 0.15) is 0 Å². The Morgan fingerprint density at radius 3 is 2.39 bits per heavy atom. The molecule has 1 unspecified atom stereocenters. The maximum absolute atomic E-state index is 12.9. The second kappa shape index (κ2) is 9.10. The molecule has 2 aromatic carbocycles. The van der Waals surface area contributed by atoms with Gasteiger partial charge < -0.3 is 10.2 Å². The van der Waals surface area contributed by atoms with Crippen molar-refractivity contribution in [3.8, 4) is 0 Å². The smallest absolute Gasteiger partial charge is 0.336 e. The summed E-state index contributed by atoms with van der Waals surface area (Å²) >= 11 is 5.56. The zero-order valence-electron chi connectivity index (χ0n) is 15.4. The normalized spacial score (nSPS) is 12.4. The van der Waals surface area contributed by atoms with Crippen molar-refractivity contribution in [1.29, 1.82) is 0 Å². The van der Waals surface area contributed by atoms with Crippen LogP contribution in [0.25, 0.3) is 0 Å². The maximum atomic E-state index is 12.9. The molecule has 0 radical (unpaired) electrons. The number of rotatable bonds is 6. The van der Waals surface area contributed by atoms with Gasteiger partial charge in [-0.2, -0.15) is 13.2 Å². The van der Waals surface area contributed by atoms with Gasteiger partial charge in [-0.1, -0.05) is 48.9 Å². The molecule has 150 valence electrons. The molecule has 0 aliphatic heterocycles. The van der Waals surface area contributed by atoms with E-state index in [2.05, 4.69) is 5.32 Å². The Bertz CT molecular complexity index is 841. The average Bonchev–Trinajstić information content (AvgIpc) is 2.62. The Kier molecular flexibility index (Phi) is 7.07. The fourth-order valence-corrected chi connectivity index (χ4v) is 2.87. The van der Waals surface area contributed by atoms with Crippen LogP contribution in [0.2, 0.25) is 5.02 Å². The monoisotopic (exact) mass is 412 g/mol. The molecule has 0 aliphatic carbocycles. The number of halogens is 4. The fraction of sp³-hybridized carbons (Fsp3) is 0.300. The number of amides is 2. The number of alkyl halides is 3. The predicted octanol–water partition coefficient (Wildman–Crippen LogP) is 4.95. The Morgan fingerprint density at radius 2 is 1.79 bits per heavy atom. The van der Waals surface area contributed by atoms with Gasteiger partial charge in [0, 0.05) is 19.2 Å². The van der Waals surface area contributed by atoms with E-state index in [-0.39, 0.29) is 30.5 Å². The van der Waals surface area contributed by atoms with Crippen LogP contribution in [0.3, 0.4) is 0 Å². The van der Waals surface area contributed by atoms with E-state index in [1.165, 1.54) is 18.0 Å². The SMILES string of the molecule is CC(CC(=O)N(C)CC(=O)Nc1ccc(Cl)c(C(F)(F)F)c1)c1ccccc1. The highest BCUT2D eigenvalue weighted by atomic mass is 35.5. The molecule has 0 saturated carbocycles. The summed E-state index contributed by atoms with van der Waals surface area (Å²) in [4.78, 5) is 25.7. The van der Waals surface area contributed by atoms with Gasteiger partial charge in [-0.25, -0.2) is 0 Å². The molecule has 0 heterocycles. The van der Waals surface area contributed by atoms with E-state index < -0.39 is 22.7 Å². The summed E-state index contributed by atoms with van der Waals surface area (Å²) in [5.41, 5.74) is -0.0668. The summed E-state index contributed by atoms with van der Waals surface area (Å²) in [6.45, 7) is 1.64. The highest BCUT2D eigenvalue weighted by Gasteiger charge is 2.33. The van der Waals surface area contributed by atoms with Crippen molar-refractivity contribution in [2.75, 3.05) is 18.9 Å². The van der Waals surface area contributed by atoms with Crippen LogP contribution in [-0.4, -0.2) is 30.3 Å². The standard InChI is InChI=1S/C20H20ClF3N2O2/c1-13(14-6-4-3-5-7-14)10-19(28)26(2)12-18(27)25-15-8-9-17(21)16(11-15)20(22,23)24/h3-9,11,13H,10,12H2,1-2H3,(H,25,27). The number of benzene rings is 2. The zero-order chi connectivity index (χ0) is 20.9. The molecule has 4 nitrogen and oxygen atoms in total. The molecular weight excluding hydrogens is 393 g/mol. The molecule has 1 atom stereocenters. The van der Waals surface area contributed by atoms with Crippen molar-refractivity contribution in [1.82, 2.24) is 4.90 Å². The summed E-state index contributed by atoms with van der Waals surface area (Å²) in [5, 5.41) is 1.91. The largest absolute Gasteiger partial charge is 0.417 e. The summed E-state index contributed by atoms with van der Waals surface area (Å²) in [5.74, 6) is -0.859. The minimum absolute atomic E-state index is 0.0233. The molecule has 0 spiro atoms. The molecule has 0 saturated heterocycles. The van der Waals surface area contributed by atoms with Gasteiger partial charge in [0.15, 0.2) is 0 Å². The molecule has 8 heteroatoms. The molecule has 2 amide bonds. The van der Waals surface area contributed by atoms with E-state index in [4.69, 9.17) is 11.6 Å². The number of nitrogens with zero attached hydrogens (tertiary/aromatic N) is 1. The second-order valence-electron chi connectivity index (χ2n) is 6.51. The molecule has 0 fully saturated rings. The summed E-state index contributed by atoms with van der Waals surface area (Å²) in [7, 11) is 1.47. The lowest BCUT2D eigenvalue weighted by molar-refractivity contribution is -0.137. The van der Waals surface area contributed by atoms with Crippen LogP contribution in [0, 0.1) is 0 Å². The second-order valence-corrected chi connectivity index (χ2v) is 6.91. The molecule has 1 N–H and O–H groups in total. The van der Waals surface area contributed by atoms with Gasteiger partial charge >= 0.3 is 6.18 Å². The van der Waals surface area contributed by atoms with Crippen LogP contribution in [0.1, 0.15) is 30.4 Å². The Balaban J connectivity index is 1.94. The molecule has 0 aliphatic rings. The highest BCUT2D eigenvalue weighted by molar-refractivity contribution is 6.31. The average molecular weight is 413 g/mol. The predicted molar refractivity (Wildman–Crippen MR) is 102 cm³/mol. The van der Waals surface area contributed by atoms with E-state index in [0.29, 0.717) is 0 Å². The zero-order valence-corrected chi connectivity index (χ0v) is 16.1. The lowest BCUT2D eigenvalue weighted by Crippen LogP contribution is -2.35. The Morgan fingerprint density at radius 1 is 1.14 bits per heavy atom. The van der Waals surface area contributed by atoms with Crippen molar-refractivity contribution in [2.24, 2.45) is 0 Å². The van der Waals surface area contributed by atoms with E-state index in [9.17, 15) is 22.8 Å². The number of nitrogens with one attached hydrogen (secondary N) is 1. The van der Waals surface area contributed by atoms with Gasteiger partial charge in [0.2, 0.25) is 11.8 Å². The minimum Gasteiger partial charge on any atom is -0.336 e. The number of likely N-dealkylation sites (N-methyl/N-ethyl adjacent to an activating group) is 1. The van der Waals surface area contributed by atoms with Gasteiger partial charge in [-0.15, -0.1) is 0 Å². The van der Waals surface area contributed by atoms with Crippen molar-refractivity contribution >= 4 is 29.1 Å². The van der Waals surface area contributed by atoms with E-state index in [1.807, 2.05) is 37.3 Å². The van der Waals surface area contributed by atoms with Gasteiger partial charge in [-0.05, 0) is 29.7 Å². The third-order valence-corrected chi connectivity index (χ3v) is 4.54. The van der Waals surface area contributed by atoms with E-state index in [1.54, 1.807) is 0 Å². The van der Waals surface area contributed by atoms with Crippen LogP contribution in [-0.2, 0) is 15.8 Å². The molecular formula is C20H20ClF3N2O2. The number of carbonyl (C=O) groups excluding carboxylic acids is 2. The van der Waals surface area contributed by atoms with Gasteiger partial charge in [-0.3, -0.25) is 9.59 Å². The third-order valence-electron chi connectivity index (χ3n) is 4.21. The van der Waals surface area contributed by atoms with Gasteiger partial charge in [0.25, 0.3) is 0 Å². The fourth-order valence-electron chi connectivity index (χ4n) is 2.64. The van der Waals surface area contributed by atoms with E-state index >= 15 is 0 Å². The summed E-state index contributed by atoms with van der Waals surface area (Å²) in [6.07, 6.45) is -4.41. The first-order chi connectivity index (χ1) is 13.1. The van der Waals surface area contributed by atoms with Crippen LogP contribution in [0.5, 0.6) is 0 Å². The van der Waals surface area contributed by atoms with Crippen molar-refractivity contribution in [3.05, 3.63) is 64.7 Å². The Hall–Kier alpha value is -2.54. The molecule has 28 heavy (non-hydrogen) atoms. The summed E-state index contributed by atoms with van der Waals surface area (Å²) in [6, 6.07) is 12.6. The lowest BCUT2D eigenvalue weighted by atomic mass is 9.97. The van der Waals surface area contributed by atoms with E-state index in [0.717, 1.165) is 17.7 Å². The first-order valence-electron chi connectivity index (χ1n) is 8.53. The van der Waals surface area contributed by atoms with Crippen LogP contribution < -0.4 is 5.32 Å². The minimum atomic E-state index is -4.63. The molecule has 0 bridgehead atoms.